The van der Waals surface area contributed by atoms with Crippen molar-refractivity contribution in [3.8, 4) is 5.88 Å². The minimum absolute atomic E-state index is 0.0395. The molecule has 0 saturated carbocycles. The second-order valence-electron chi connectivity index (χ2n) is 4.82. The van der Waals surface area contributed by atoms with Gasteiger partial charge in [-0.1, -0.05) is 0 Å². The van der Waals surface area contributed by atoms with E-state index in [2.05, 4.69) is 10.2 Å². The summed E-state index contributed by atoms with van der Waals surface area (Å²) in [6.45, 7) is -0.261. The molecule has 0 bridgehead atoms. The average molecular weight is 351 g/mol. The fourth-order valence-electron chi connectivity index (χ4n) is 2.03. The molecule has 0 spiro atoms. The Hall–Kier alpha value is -2.70. The van der Waals surface area contributed by atoms with E-state index in [4.69, 9.17) is 4.74 Å². The van der Waals surface area contributed by atoms with Crippen LogP contribution in [0.1, 0.15) is 12.8 Å². The highest BCUT2D eigenvalue weighted by molar-refractivity contribution is 5.80. The van der Waals surface area contributed by atoms with Crippen molar-refractivity contribution in [2.75, 3.05) is 7.11 Å². The van der Waals surface area contributed by atoms with E-state index in [1.54, 1.807) is 0 Å². The second kappa shape index (κ2) is 6.07. The van der Waals surface area contributed by atoms with E-state index in [0.717, 1.165) is 24.2 Å². The van der Waals surface area contributed by atoms with Crippen molar-refractivity contribution >= 4 is 17.8 Å². The van der Waals surface area contributed by atoms with Gasteiger partial charge in [-0.15, -0.1) is 5.10 Å². The van der Waals surface area contributed by atoms with Gasteiger partial charge in [0.1, 0.15) is 6.20 Å². The number of carbonyl (C=O) groups is 1. The molecule has 1 aromatic rings. The summed E-state index contributed by atoms with van der Waals surface area (Å²) in [6, 6.07) is 0. The first-order chi connectivity index (χ1) is 11.1. The van der Waals surface area contributed by atoms with Gasteiger partial charge in [0.2, 0.25) is 5.91 Å². The van der Waals surface area contributed by atoms with Crippen molar-refractivity contribution in [2.45, 2.75) is 31.3 Å². The van der Waals surface area contributed by atoms with E-state index in [0.29, 0.717) is 0 Å². The van der Waals surface area contributed by atoms with Crippen LogP contribution in [0.25, 0.3) is 0 Å². The number of carbonyl (C=O) groups excluding carboxylic acids is 1. The molecule has 0 unspecified atom stereocenters. The van der Waals surface area contributed by atoms with E-state index in [9.17, 15) is 33.2 Å². The molecule has 0 aromatic carbocycles. The lowest BCUT2D eigenvalue weighted by Gasteiger charge is -2.32. The molecule has 0 fully saturated rings. The van der Waals surface area contributed by atoms with E-state index in [1.165, 1.54) is 0 Å². The number of nitrogens with zero attached hydrogens (tertiary/aromatic N) is 5. The quantitative estimate of drug-likeness (QED) is 0.614. The van der Waals surface area contributed by atoms with Crippen LogP contribution in [0.3, 0.4) is 0 Å². The molecule has 24 heavy (non-hydrogen) atoms. The molecule has 1 aromatic heterocycles. The number of hydrogen-bond donors (Lipinski definition) is 1. The van der Waals surface area contributed by atoms with Crippen LogP contribution in [0.2, 0.25) is 0 Å². The number of amides is 1. The summed E-state index contributed by atoms with van der Waals surface area (Å²) in [5.41, 5.74) is -3.84. The molecule has 132 valence electrons. The third-order valence-electron chi connectivity index (χ3n) is 3.27. The minimum atomic E-state index is -5.08. The SMILES string of the molecule is COc1nn(CCC(=O)N2N=CC[C@@]2(O)C(F)(F)F)cc1[N+](=O)[O-]. The predicted octanol–water partition coefficient (Wildman–Crippen LogP) is 0.659. The zero-order chi connectivity index (χ0) is 18.1. The molecule has 2 rings (SSSR count). The predicted molar refractivity (Wildman–Crippen MR) is 71.0 cm³/mol. The third-order valence-corrected chi connectivity index (χ3v) is 3.27. The highest BCUT2D eigenvalue weighted by atomic mass is 19.4. The summed E-state index contributed by atoms with van der Waals surface area (Å²) in [6.07, 6.45) is -4.70. The number of aryl methyl sites for hydroxylation is 1. The van der Waals surface area contributed by atoms with Crippen LogP contribution in [-0.2, 0) is 11.3 Å². The number of ether oxygens (including phenoxy) is 1. The summed E-state index contributed by atoms with van der Waals surface area (Å²) in [7, 11) is 1.16. The molecule has 1 aliphatic rings. The molecule has 1 atom stereocenters. The van der Waals surface area contributed by atoms with Crippen LogP contribution >= 0.6 is 0 Å². The van der Waals surface area contributed by atoms with Crippen LogP contribution in [0.15, 0.2) is 11.3 Å². The van der Waals surface area contributed by atoms with Crippen LogP contribution in [-0.4, -0.2) is 56.0 Å². The lowest BCUT2D eigenvalue weighted by atomic mass is 10.1. The van der Waals surface area contributed by atoms with Gasteiger partial charge in [-0.3, -0.25) is 19.6 Å². The van der Waals surface area contributed by atoms with Crippen molar-refractivity contribution in [3.05, 3.63) is 16.3 Å². The maximum absolute atomic E-state index is 12.9. The number of methoxy groups -OCH3 is 1. The first-order valence-electron chi connectivity index (χ1n) is 6.50. The molecule has 1 N–H and O–H groups in total. The molecular weight excluding hydrogens is 339 g/mol. The standard InChI is InChI=1S/C11H12F3N5O5/c1-24-9-7(19(22)23)6-17(16-9)5-2-8(20)18-10(21,3-4-15-18)11(12,13)14/h4,6,21H,2-3,5H2,1H3/t10-/m1/s1. The smallest absolute Gasteiger partial charge is 0.438 e. The minimum Gasteiger partial charge on any atom is -0.475 e. The fourth-order valence-corrected chi connectivity index (χ4v) is 2.03. The fraction of sp³-hybridized carbons (Fsp3) is 0.545. The van der Waals surface area contributed by atoms with Gasteiger partial charge in [0.25, 0.3) is 5.72 Å². The topological polar surface area (TPSA) is 123 Å². The summed E-state index contributed by atoms with van der Waals surface area (Å²) in [4.78, 5) is 21.9. The van der Waals surface area contributed by atoms with Crippen LogP contribution in [0.5, 0.6) is 5.88 Å². The van der Waals surface area contributed by atoms with Gasteiger partial charge < -0.3 is 9.84 Å². The molecule has 0 aliphatic carbocycles. The Morgan fingerprint density at radius 2 is 2.25 bits per heavy atom. The van der Waals surface area contributed by atoms with Gasteiger partial charge in [-0.05, 0) is 0 Å². The molecular formula is C11H12F3N5O5. The maximum Gasteiger partial charge on any atom is 0.438 e. The highest BCUT2D eigenvalue weighted by Crippen LogP contribution is 2.38. The van der Waals surface area contributed by atoms with Crippen molar-refractivity contribution in [2.24, 2.45) is 5.10 Å². The Morgan fingerprint density at radius 3 is 2.75 bits per heavy atom. The van der Waals surface area contributed by atoms with Gasteiger partial charge in [0, 0.05) is 19.1 Å². The van der Waals surface area contributed by atoms with Crippen LogP contribution in [0, 0.1) is 10.1 Å². The maximum atomic E-state index is 12.9. The molecule has 0 radical (unpaired) electrons. The number of aliphatic hydroxyl groups is 1. The van der Waals surface area contributed by atoms with E-state index < -0.39 is 41.3 Å². The van der Waals surface area contributed by atoms with Crippen molar-refractivity contribution in [3.63, 3.8) is 0 Å². The monoisotopic (exact) mass is 351 g/mol. The molecule has 10 nitrogen and oxygen atoms in total. The first kappa shape index (κ1) is 17.7. The Kier molecular flexibility index (Phi) is 4.46. The Morgan fingerprint density at radius 1 is 1.58 bits per heavy atom. The van der Waals surface area contributed by atoms with Gasteiger partial charge in [0.15, 0.2) is 0 Å². The van der Waals surface area contributed by atoms with Gasteiger partial charge >= 0.3 is 17.7 Å². The summed E-state index contributed by atoms with van der Waals surface area (Å²) >= 11 is 0. The third kappa shape index (κ3) is 3.02. The average Bonchev–Trinajstić information content (AvgIpc) is 3.08. The Bertz CT molecular complexity index is 688. The first-order valence-corrected chi connectivity index (χ1v) is 6.50. The molecule has 13 heteroatoms. The van der Waals surface area contributed by atoms with E-state index >= 15 is 0 Å². The largest absolute Gasteiger partial charge is 0.475 e. The van der Waals surface area contributed by atoms with Crippen molar-refractivity contribution < 1.29 is 32.7 Å². The zero-order valence-electron chi connectivity index (χ0n) is 12.2. The Balaban J connectivity index is 2.08. The molecule has 1 aliphatic heterocycles. The van der Waals surface area contributed by atoms with Gasteiger partial charge in [0.05, 0.1) is 18.6 Å². The zero-order valence-corrected chi connectivity index (χ0v) is 12.2. The number of aromatic nitrogens is 2. The second-order valence-corrected chi connectivity index (χ2v) is 4.82. The van der Waals surface area contributed by atoms with E-state index in [-0.39, 0.29) is 17.4 Å². The van der Waals surface area contributed by atoms with Crippen LogP contribution in [0.4, 0.5) is 18.9 Å². The molecule has 0 saturated heterocycles. The summed E-state index contributed by atoms with van der Waals surface area (Å²) < 4.78 is 44.3. The van der Waals surface area contributed by atoms with Gasteiger partial charge in [-0.2, -0.15) is 23.3 Å². The number of halogens is 3. The number of hydrogen-bond acceptors (Lipinski definition) is 7. The number of hydrazone groups is 1. The molecule has 2 heterocycles. The normalized spacial score (nSPS) is 20.5. The number of nitro groups is 1. The van der Waals surface area contributed by atoms with E-state index in [1.807, 2.05) is 0 Å². The number of rotatable bonds is 5. The molecule has 1 amide bonds. The lowest BCUT2D eigenvalue weighted by molar-refractivity contribution is -0.385. The highest BCUT2D eigenvalue weighted by Gasteiger charge is 2.61. The Labute approximate surface area is 132 Å². The van der Waals surface area contributed by atoms with Crippen LogP contribution < -0.4 is 4.74 Å². The summed E-state index contributed by atoms with van der Waals surface area (Å²) in [5.74, 6) is -1.40. The number of alkyl halides is 3. The lowest BCUT2D eigenvalue weighted by Crippen LogP contribution is -2.56. The van der Waals surface area contributed by atoms with Crippen molar-refractivity contribution in [1.29, 1.82) is 0 Å². The summed E-state index contributed by atoms with van der Waals surface area (Å²) in [5, 5.41) is 27.3. The van der Waals surface area contributed by atoms with Crippen molar-refractivity contribution in [1.82, 2.24) is 14.8 Å². The van der Waals surface area contributed by atoms with Gasteiger partial charge in [-0.25, -0.2) is 0 Å².